The van der Waals surface area contributed by atoms with Crippen LogP contribution in [0.2, 0.25) is 10.0 Å². The van der Waals surface area contributed by atoms with Crippen molar-refractivity contribution in [2.24, 2.45) is 5.10 Å². The predicted molar refractivity (Wildman–Crippen MR) is 118 cm³/mol. The molecule has 0 saturated carbocycles. The molecule has 31 heavy (non-hydrogen) atoms. The Morgan fingerprint density at radius 2 is 1.87 bits per heavy atom. The van der Waals surface area contributed by atoms with Crippen LogP contribution >= 0.6 is 23.2 Å². The molecular weight excluding hydrogens is 447 g/mol. The van der Waals surface area contributed by atoms with Crippen LogP contribution < -0.4 is 20.8 Å². The highest BCUT2D eigenvalue weighted by atomic mass is 35.5. The lowest BCUT2D eigenvalue weighted by atomic mass is 10.2. The fraction of sp³-hybridized carbons (Fsp3) is 0.200. The van der Waals surface area contributed by atoms with Gasteiger partial charge in [-0.25, -0.2) is 5.43 Å². The van der Waals surface area contributed by atoms with Crippen LogP contribution in [-0.4, -0.2) is 50.8 Å². The normalized spacial score (nSPS) is 10.5. The van der Waals surface area contributed by atoms with Gasteiger partial charge in [-0.1, -0.05) is 41.4 Å². The number of benzene rings is 2. The third kappa shape index (κ3) is 8.25. The summed E-state index contributed by atoms with van der Waals surface area (Å²) < 4.78 is 10.2. The van der Waals surface area contributed by atoms with Gasteiger partial charge in [-0.15, -0.1) is 0 Å². The Morgan fingerprint density at radius 1 is 1.10 bits per heavy atom. The number of hydrogen-bond donors (Lipinski definition) is 3. The molecule has 2 rings (SSSR count). The molecular formula is C20H20Cl2N4O5. The van der Waals surface area contributed by atoms with Gasteiger partial charge in [0.25, 0.3) is 5.91 Å². The van der Waals surface area contributed by atoms with E-state index >= 15 is 0 Å². The molecule has 0 saturated heterocycles. The molecule has 0 aliphatic heterocycles. The molecule has 0 fully saturated rings. The topological polar surface area (TPSA) is 118 Å². The molecule has 0 unspecified atom stereocenters. The first-order valence-corrected chi connectivity index (χ1v) is 9.73. The first kappa shape index (κ1) is 24.1. The average molecular weight is 467 g/mol. The monoisotopic (exact) mass is 466 g/mol. The van der Waals surface area contributed by atoms with E-state index in [1.54, 1.807) is 42.5 Å². The Hall–Kier alpha value is -3.14. The molecule has 2 aromatic carbocycles. The van der Waals surface area contributed by atoms with Crippen LogP contribution in [-0.2, 0) is 19.1 Å². The van der Waals surface area contributed by atoms with Crippen molar-refractivity contribution in [3.8, 4) is 5.75 Å². The molecule has 0 aliphatic carbocycles. The molecule has 2 aromatic rings. The standard InChI is InChI=1S/C20H20Cl2N4O5/c1-30-9-8-23-19(28)20(29)26-24-11-13-4-2-5-14(10-13)31-12-17(27)25-16-7-3-6-15(21)18(16)22/h2-7,10-11H,8-9,12H2,1H3,(H,23,28)(H,25,27)(H,26,29)/b24-11-. The third-order valence-electron chi connectivity index (χ3n) is 3.63. The maximum Gasteiger partial charge on any atom is 0.329 e. The maximum absolute atomic E-state index is 12.1. The molecule has 0 radical (unpaired) electrons. The summed E-state index contributed by atoms with van der Waals surface area (Å²) in [6, 6.07) is 11.5. The Labute approximate surface area is 188 Å². The van der Waals surface area contributed by atoms with Crippen molar-refractivity contribution in [1.29, 1.82) is 0 Å². The molecule has 0 aromatic heterocycles. The summed E-state index contributed by atoms with van der Waals surface area (Å²) in [5, 5.41) is 9.27. The zero-order valence-corrected chi connectivity index (χ0v) is 18.0. The molecule has 9 nitrogen and oxygen atoms in total. The van der Waals surface area contributed by atoms with Crippen LogP contribution in [0.5, 0.6) is 5.75 Å². The van der Waals surface area contributed by atoms with E-state index in [1.165, 1.54) is 13.3 Å². The number of nitrogens with one attached hydrogen (secondary N) is 3. The number of ether oxygens (including phenoxy) is 2. The van der Waals surface area contributed by atoms with E-state index in [0.717, 1.165) is 0 Å². The van der Waals surface area contributed by atoms with Gasteiger partial charge in [0.1, 0.15) is 5.75 Å². The molecule has 0 aliphatic rings. The van der Waals surface area contributed by atoms with Crippen molar-refractivity contribution in [3.63, 3.8) is 0 Å². The van der Waals surface area contributed by atoms with Gasteiger partial charge in [-0.2, -0.15) is 5.10 Å². The number of hydrazone groups is 1. The van der Waals surface area contributed by atoms with Crippen molar-refractivity contribution >= 4 is 52.8 Å². The van der Waals surface area contributed by atoms with Crippen LogP contribution in [0.3, 0.4) is 0 Å². The van der Waals surface area contributed by atoms with Gasteiger partial charge in [0.15, 0.2) is 6.61 Å². The van der Waals surface area contributed by atoms with Crippen LogP contribution in [0.1, 0.15) is 5.56 Å². The lowest BCUT2D eigenvalue weighted by Gasteiger charge is -2.09. The van der Waals surface area contributed by atoms with Crippen LogP contribution in [0.25, 0.3) is 0 Å². The second-order valence-corrected chi connectivity index (χ2v) is 6.74. The van der Waals surface area contributed by atoms with Gasteiger partial charge >= 0.3 is 11.8 Å². The Bertz CT molecular complexity index is 968. The largest absolute Gasteiger partial charge is 0.484 e. The Kier molecular flexibility index (Phi) is 9.76. The van der Waals surface area contributed by atoms with E-state index in [-0.39, 0.29) is 18.2 Å². The zero-order chi connectivity index (χ0) is 22.6. The number of methoxy groups -OCH3 is 1. The van der Waals surface area contributed by atoms with Crippen molar-refractivity contribution in [1.82, 2.24) is 10.7 Å². The fourth-order valence-electron chi connectivity index (χ4n) is 2.18. The number of carbonyl (C=O) groups excluding carboxylic acids is 3. The highest BCUT2D eigenvalue weighted by molar-refractivity contribution is 6.44. The molecule has 0 atom stereocenters. The van der Waals surface area contributed by atoms with Gasteiger partial charge in [0, 0.05) is 13.7 Å². The van der Waals surface area contributed by atoms with E-state index in [1.807, 2.05) is 0 Å². The maximum atomic E-state index is 12.1. The number of hydrogen-bond acceptors (Lipinski definition) is 6. The smallest absolute Gasteiger partial charge is 0.329 e. The number of halogens is 2. The summed E-state index contributed by atoms with van der Waals surface area (Å²) in [4.78, 5) is 35.2. The number of rotatable bonds is 9. The van der Waals surface area contributed by atoms with Crippen LogP contribution in [0.4, 0.5) is 5.69 Å². The van der Waals surface area contributed by atoms with Gasteiger partial charge in [-0.3, -0.25) is 14.4 Å². The SMILES string of the molecule is COCCNC(=O)C(=O)N/N=C\c1cccc(OCC(=O)Nc2cccc(Cl)c2Cl)c1. The fourth-order valence-corrected chi connectivity index (χ4v) is 2.53. The van der Waals surface area contributed by atoms with Crippen molar-refractivity contribution in [2.45, 2.75) is 0 Å². The minimum absolute atomic E-state index is 0.211. The van der Waals surface area contributed by atoms with Gasteiger partial charge in [0.2, 0.25) is 0 Å². The zero-order valence-electron chi connectivity index (χ0n) is 16.5. The molecule has 0 bridgehead atoms. The van der Waals surface area contributed by atoms with Crippen molar-refractivity contribution in [3.05, 3.63) is 58.1 Å². The summed E-state index contributed by atoms with van der Waals surface area (Å²) in [5.74, 6) is -1.75. The summed E-state index contributed by atoms with van der Waals surface area (Å²) in [6.07, 6.45) is 1.33. The van der Waals surface area contributed by atoms with Crippen molar-refractivity contribution in [2.75, 3.05) is 32.2 Å². The highest BCUT2D eigenvalue weighted by Crippen LogP contribution is 2.29. The molecule has 11 heteroatoms. The molecule has 0 heterocycles. The summed E-state index contributed by atoms with van der Waals surface area (Å²) in [7, 11) is 1.48. The van der Waals surface area contributed by atoms with E-state index < -0.39 is 17.7 Å². The Balaban J connectivity index is 1.84. The van der Waals surface area contributed by atoms with Gasteiger partial charge < -0.3 is 20.1 Å². The first-order valence-electron chi connectivity index (χ1n) is 8.97. The number of carbonyl (C=O) groups is 3. The molecule has 164 valence electrons. The van der Waals surface area contributed by atoms with E-state index in [2.05, 4.69) is 21.2 Å². The second-order valence-electron chi connectivity index (χ2n) is 5.96. The average Bonchev–Trinajstić information content (AvgIpc) is 2.76. The number of amides is 3. The van der Waals surface area contributed by atoms with Crippen LogP contribution in [0.15, 0.2) is 47.6 Å². The lowest BCUT2D eigenvalue weighted by molar-refractivity contribution is -0.139. The first-order chi connectivity index (χ1) is 14.9. The minimum Gasteiger partial charge on any atom is -0.484 e. The summed E-state index contributed by atoms with van der Waals surface area (Å²) >= 11 is 11.9. The van der Waals surface area contributed by atoms with E-state index in [4.69, 9.17) is 32.7 Å². The third-order valence-corrected chi connectivity index (χ3v) is 4.45. The number of nitrogens with zero attached hydrogens (tertiary/aromatic N) is 1. The minimum atomic E-state index is -0.906. The number of anilines is 1. The van der Waals surface area contributed by atoms with Gasteiger partial charge in [-0.05, 0) is 29.8 Å². The quantitative estimate of drug-likeness (QED) is 0.226. The summed E-state index contributed by atoms with van der Waals surface area (Å²) in [6.45, 7) is 0.240. The second kappa shape index (κ2) is 12.5. The Morgan fingerprint density at radius 3 is 2.65 bits per heavy atom. The lowest BCUT2D eigenvalue weighted by Crippen LogP contribution is -2.39. The molecule has 3 amide bonds. The van der Waals surface area contributed by atoms with Gasteiger partial charge in [0.05, 0.1) is 28.6 Å². The molecule has 0 spiro atoms. The van der Waals surface area contributed by atoms with E-state index in [9.17, 15) is 14.4 Å². The van der Waals surface area contributed by atoms with Crippen molar-refractivity contribution < 1.29 is 23.9 Å². The highest BCUT2D eigenvalue weighted by Gasteiger charge is 2.11. The predicted octanol–water partition coefficient (Wildman–Crippen LogP) is 2.22. The van der Waals surface area contributed by atoms with E-state index in [0.29, 0.717) is 28.6 Å². The summed E-state index contributed by atoms with van der Waals surface area (Å²) in [5.41, 5.74) is 3.07. The molecule has 3 N–H and O–H groups in total. The van der Waals surface area contributed by atoms with Crippen LogP contribution in [0, 0.1) is 0 Å².